The SMILES string of the molecule is CC(=O)c1ccc(NC(=O)OC(C)(C)C)nc1F. The third-order valence-electron chi connectivity index (χ3n) is 1.86. The number of ether oxygens (including phenoxy) is 1. The van der Waals surface area contributed by atoms with Crippen LogP contribution < -0.4 is 5.32 Å². The molecule has 0 aliphatic rings. The molecular formula is C12H15FN2O3. The van der Waals surface area contributed by atoms with Crippen molar-refractivity contribution in [1.82, 2.24) is 4.98 Å². The van der Waals surface area contributed by atoms with Gasteiger partial charge >= 0.3 is 6.09 Å². The Hall–Kier alpha value is -1.98. The number of nitrogens with one attached hydrogen (secondary N) is 1. The van der Waals surface area contributed by atoms with Crippen LogP contribution in [0.15, 0.2) is 12.1 Å². The summed E-state index contributed by atoms with van der Waals surface area (Å²) in [6, 6.07) is 2.60. The lowest BCUT2D eigenvalue weighted by Crippen LogP contribution is -2.27. The minimum atomic E-state index is -0.920. The molecule has 1 heterocycles. The fourth-order valence-electron chi connectivity index (χ4n) is 1.17. The van der Waals surface area contributed by atoms with Gasteiger partial charge in [0.1, 0.15) is 11.4 Å². The summed E-state index contributed by atoms with van der Waals surface area (Å²) in [7, 11) is 0. The number of rotatable bonds is 2. The molecular weight excluding hydrogens is 239 g/mol. The average Bonchev–Trinajstić information content (AvgIpc) is 2.13. The molecule has 18 heavy (non-hydrogen) atoms. The number of ketones is 1. The molecule has 0 aliphatic carbocycles. The Morgan fingerprint density at radius 3 is 2.39 bits per heavy atom. The van der Waals surface area contributed by atoms with Gasteiger partial charge in [-0.1, -0.05) is 0 Å². The summed E-state index contributed by atoms with van der Waals surface area (Å²) in [5.74, 6) is -1.35. The molecule has 6 heteroatoms. The van der Waals surface area contributed by atoms with Crippen LogP contribution in [0.25, 0.3) is 0 Å². The van der Waals surface area contributed by atoms with Crippen LogP contribution in [-0.4, -0.2) is 22.5 Å². The van der Waals surface area contributed by atoms with Crippen LogP contribution in [0.4, 0.5) is 15.0 Å². The largest absolute Gasteiger partial charge is 0.444 e. The summed E-state index contributed by atoms with van der Waals surface area (Å²) in [5.41, 5.74) is -0.771. The maximum absolute atomic E-state index is 13.4. The lowest BCUT2D eigenvalue weighted by Gasteiger charge is -2.19. The van der Waals surface area contributed by atoms with Crippen LogP contribution in [0, 0.1) is 5.95 Å². The smallest absolute Gasteiger partial charge is 0.413 e. The molecule has 0 atom stereocenters. The van der Waals surface area contributed by atoms with E-state index in [9.17, 15) is 14.0 Å². The van der Waals surface area contributed by atoms with Crippen molar-refractivity contribution in [3.8, 4) is 0 Å². The van der Waals surface area contributed by atoms with E-state index in [0.717, 1.165) is 0 Å². The van der Waals surface area contributed by atoms with Crippen LogP contribution in [0.5, 0.6) is 0 Å². The van der Waals surface area contributed by atoms with E-state index < -0.39 is 23.4 Å². The van der Waals surface area contributed by atoms with E-state index in [1.54, 1.807) is 20.8 Å². The number of carbonyl (C=O) groups excluding carboxylic acids is 2. The fraction of sp³-hybridized carbons (Fsp3) is 0.417. The first-order valence-corrected chi connectivity index (χ1v) is 5.36. The lowest BCUT2D eigenvalue weighted by molar-refractivity contribution is 0.0635. The van der Waals surface area contributed by atoms with E-state index in [1.165, 1.54) is 19.1 Å². The van der Waals surface area contributed by atoms with E-state index in [0.29, 0.717) is 0 Å². The number of pyridine rings is 1. The molecule has 0 aromatic carbocycles. The lowest BCUT2D eigenvalue weighted by atomic mass is 10.2. The molecule has 1 rings (SSSR count). The molecule has 5 nitrogen and oxygen atoms in total. The first-order chi connectivity index (χ1) is 8.19. The first-order valence-electron chi connectivity index (χ1n) is 5.36. The molecule has 0 aliphatic heterocycles. The highest BCUT2D eigenvalue weighted by Gasteiger charge is 2.17. The molecule has 0 radical (unpaired) electrons. The third kappa shape index (κ3) is 4.12. The van der Waals surface area contributed by atoms with Gasteiger partial charge in [-0.2, -0.15) is 4.39 Å². The normalized spacial score (nSPS) is 10.9. The molecule has 0 saturated heterocycles. The minimum absolute atomic E-state index is 0.00764. The van der Waals surface area contributed by atoms with Gasteiger partial charge in [-0.25, -0.2) is 9.78 Å². The molecule has 1 N–H and O–H groups in total. The number of Topliss-reactive ketones (excluding diaryl/α,β-unsaturated/α-hetero) is 1. The van der Waals surface area contributed by atoms with E-state index in [-0.39, 0.29) is 11.4 Å². The van der Waals surface area contributed by atoms with Crippen molar-refractivity contribution in [3.63, 3.8) is 0 Å². The van der Waals surface area contributed by atoms with Crippen molar-refractivity contribution in [3.05, 3.63) is 23.6 Å². The van der Waals surface area contributed by atoms with Crippen molar-refractivity contribution in [2.45, 2.75) is 33.3 Å². The second-order valence-electron chi connectivity index (χ2n) is 4.72. The molecule has 1 aromatic rings. The summed E-state index contributed by atoms with van der Waals surface area (Å²) >= 11 is 0. The van der Waals surface area contributed by atoms with E-state index in [4.69, 9.17) is 4.74 Å². The molecule has 0 saturated carbocycles. The van der Waals surface area contributed by atoms with Gasteiger partial charge in [0.15, 0.2) is 5.78 Å². The highest BCUT2D eigenvalue weighted by Crippen LogP contribution is 2.13. The molecule has 0 spiro atoms. The van der Waals surface area contributed by atoms with E-state index in [1.807, 2.05) is 0 Å². The number of nitrogens with zero attached hydrogens (tertiary/aromatic N) is 1. The molecule has 0 bridgehead atoms. The van der Waals surface area contributed by atoms with Gasteiger partial charge in [0.2, 0.25) is 5.95 Å². The zero-order valence-electron chi connectivity index (χ0n) is 10.7. The van der Waals surface area contributed by atoms with Gasteiger partial charge in [-0.05, 0) is 39.8 Å². The van der Waals surface area contributed by atoms with Gasteiger partial charge in [0.25, 0.3) is 0 Å². The maximum atomic E-state index is 13.4. The average molecular weight is 254 g/mol. The first kappa shape index (κ1) is 14.1. The predicted molar refractivity (Wildman–Crippen MR) is 64.1 cm³/mol. The molecule has 1 aromatic heterocycles. The number of hydrogen-bond acceptors (Lipinski definition) is 4. The molecule has 0 unspecified atom stereocenters. The highest BCUT2D eigenvalue weighted by atomic mass is 19.1. The number of anilines is 1. The van der Waals surface area contributed by atoms with Crippen molar-refractivity contribution in [1.29, 1.82) is 0 Å². The van der Waals surface area contributed by atoms with E-state index in [2.05, 4.69) is 10.3 Å². The standard InChI is InChI=1S/C12H15FN2O3/c1-7(16)8-5-6-9(14-10(8)13)15-11(17)18-12(2,3)4/h5-6H,1-4H3,(H,14,15,17). The Kier molecular flexibility index (Phi) is 4.00. The van der Waals surface area contributed by atoms with Crippen molar-refractivity contribution in [2.24, 2.45) is 0 Å². The summed E-state index contributed by atoms with van der Waals surface area (Å²) in [6.07, 6.45) is -0.732. The Bertz CT molecular complexity index is 481. The minimum Gasteiger partial charge on any atom is -0.444 e. The Morgan fingerprint density at radius 1 is 1.33 bits per heavy atom. The number of halogens is 1. The highest BCUT2D eigenvalue weighted by molar-refractivity contribution is 5.94. The second-order valence-corrected chi connectivity index (χ2v) is 4.72. The number of carbonyl (C=O) groups is 2. The van der Waals surface area contributed by atoms with Crippen LogP contribution in [0.2, 0.25) is 0 Å². The van der Waals surface area contributed by atoms with Crippen molar-refractivity contribution < 1.29 is 18.7 Å². The van der Waals surface area contributed by atoms with Crippen LogP contribution in [-0.2, 0) is 4.74 Å². The Labute approximate surface area is 104 Å². The molecule has 1 amide bonds. The summed E-state index contributed by atoms with van der Waals surface area (Å²) in [5, 5.41) is 2.28. The topological polar surface area (TPSA) is 68.3 Å². The zero-order chi connectivity index (χ0) is 13.9. The zero-order valence-corrected chi connectivity index (χ0v) is 10.7. The fourth-order valence-corrected chi connectivity index (χ4v) is 1.17. The third-order valence-corrected chi connectivity index (χ3v) is 1.86. The van der Waals surface area contributed by atoms with E-state index >= 15 is 0 Å². The van der Waals surface area contributed by atoms with Gasteiger partial charge in [0, 0.05) is 0 Å². The number of aromatic nitrogens is 1. The monoisotopic (exact) mass is 254 g/mol. The van der Waals surface area contributed by atoms with Crippen LogP contribution >= 0.6 is 0 Å². The Morgan fingerprint density at radius 2 is 1.94 bits per heavy atom. The van der Waals surface area contributed by atoms with Crippen molar-refractivity contribution >= 4 is 17.7 Å². The van der Waals surface area contributed by atoms with Crippen LogP contribution in [0.3, 0.4) is 0 Å². The summed E-state index contributed by atoms with van der Waals surface area (Å²) < 4.78 is 18.3. The van der Waals surface area contributed by atoms with Gasteiger partial charge in [-0.15, -0.1) is 0 Å². The molecule has 0 fully saturated rings. The number of hydrogen-bond donors (Lipinski definition) is 1. The van der Waals surface area contributed by atoms with Crippen molar-refractivity contribution in [2.75, 3.05) is 5.32 Å². The molecule has 98 valence electrons. The maximum Gasteiger partial charge on any atom is 0.413 e. The Balaban J connectivity index is 2.78. The predicted octanol–water partition coefficient (Wildman–Crippen LogP) is 2.77. The van der Waals surface area contributed by atoms with Crippen LogP contribution in [0.1, 0.15) is 38.1 Å². The number of amides is 1. The van der Waals surface area contributed by atoms with Gasteiger partial charge in [0.05, 0.1) is 5.56 Å². The summed E-state index contributed by atoms with van der Waals surface area (Å²) in [6.45, 7) is 6.36. The summed E-state index contributed by atoms with van der Waals surface area (Å²) in [4.78, 5) is 25.9. The van der Waals surface area contributed by atoms with Gasteiger partial charge < -0.3 is 4.74 Å². The second kappa shape index (κ2) is 5.12. The van der Waals surface area contributed by atoms with Gasteiger partial charge in [-0.3, -0.25) is 10.1 Å². The quantitative estimate of drug-likeness (QED) is 0.650.